The zero-order chi connectivity index (χ0) is 14.2. The summed E-state index contributed by atoms with van der Waals surface area (Å²) in [5, 5.41) is 2.89. The Kier molecular flexibility index (Phi) is 3.25. The van der Waals surface area contributed by atoms with Crippen LogP contribution in [0, 0.1) is 0 Å². The third kappa shape index (κ3) is 2.37. The fourth-order valence-corrected chi connectivity index (χ4v) is 3.73. The summed E-state index contributed by atoms with van der Waals surface area (Å²) in [7, 11) is 0. The van der Waals surface area contributed by atoms with Crippen molar-refractivity contribution in [2.45, 2.75) is 12.7 Å². The van der Waals surface area contributed by atoms with E-state index in [0.29, 0.717) is 13.2 Å². The van der Waals surface area contributed by atoms with Crippen molar-refractivity contribution in [3.05, 3.63) is 46.3 Å². The lowest BCUT2D eigenvalue weighted by Crippen LogP contribution is -2.31. The van der Waals surface area contributed by atoms with Crippen LogP contribution < -0.4 is 5.32 Å². The normalized spacial score (nSPS) is 18.6. The highest BCUT2D eigenvalue weighted by Crippen LogP contribution is 2.35. The first kappa shape index (κ1) is 13.0. The summed E-state index contributed by atoms with van der Waals surface area (Å²) in [5.74, 6) is 0.0253. The third-order valence-corrected chi connectivity index (χ3v) is 4.96. The minimum atomic E-state index is -0.232. The van der Waals surface area contributed by atoms with E-state index in [2.05, 4.69) is 23.5 Å². The molecular formula is C16H15NO3S. The molecule has 4 rings (SSSR count). The van der Waals surface area contributed by atoms with E-state index in [9.17, 15) is 4.79 Å². The van der Waals surface area contributed by atoms with Gasteiger partial charge in [-0.05, 0) is 35.7 Å². The second kappa shape index (κ2) is 5.26. The van der Waals surface area contributed by atoms with Gasteiger partial charge in [0.05, 0.1) is 18.1 Å². The van der Waals surface area contributed by atoms with Crippen LogP contribution in [0.5, 0.6) is 0 Å². The van der Waals surface area contributed by atoms with Gasteiger partial charge in [0.2, 0.25) is 0 Å². The average Bonchev–Trinajstić information content (AvgIpc) is 3.18. The fraction of sp³-hybridized carbons (Fsp3) is 0.312. The molecule has 21 heavy (non-hydrogen) atoms. The summed E-state index contributed by atoms with van der Waals surface area (Å²) in [6.07, 6.45) is 0.672. The van der Waals surface area contributed by atoms with Gasteiger partial charge in [-0.2, -0.15) is 0 Å². The van der Waals surface area contributed by atoms with E-state index in [1.54, 1.807) is 11.3 Å². The van der Waals surface area contributed by atoms with Crippen molar-refractivity contribution in [3.8, 4) is 10.4 Å². The van der Waals surface area contributed by atoms with Gasteiger partial charge in [0.25, 0.3) is 5.91 Å². The van der Waals surface area contributed by atoms with Crippen molar-refractivity contribution < 1.29 is 14.3 Å². The molecule has 0 unspecified atom stereocenters. The molecule has 1 fully saturated rings. The maximum absolute atomic E-state index is 11.9. The molecule has 2 aliphatic rings. The van der Waals surface area contributed by atoms with Crippen LogP contribution in [0.1, 0.15) is 27.1 Å². The molecule has 0 saturated carbocycles. The lowest BCUT2D eigenvalue weighted by Gasteiger charge is -2.16. The first-order chi connectivity index (χ1) is 10.3. The molecule has 1 amide bonds. The van der Waals surface area contributed by atoms with Gasteiger partial charge >= 0.3 is 0 Å². The first-order valence-electron chi connectivity index (χ1n) is 7.06. The van der Waals surface area contributed by atoms with Gasteiger partial charge in [-0.1, -0.05) is 12.1 Å². The van der Waals surface area contributed by atoms with Gasteiger partial charge < -0.3 is 14.8 Å². The maximum Gasteiger partial charge on any atom is 0.251 e. The summed E-state index contributed by atoms with van der Waals surface area (Å²) >= 11 is 1.65. The van der Waals surface area contributed by atoms with Gasteiger partial charge in [-0.15, -0.1) is 11.3 Å². The molecule has 2 aliphatic heterocycles. The Morgan fingerprint density at radius 1 is 1.14 bits per heavy atom. The van der Waals surface area contributed by atoms with Crippen LogP contribution >= 0.6 is 11.3 Å². The number of thiophene rings is 1. The zero-order valence-electron chi connectivity index (χ0n) is 11.4. The number of ether oxygens (including phenoxy) is 2. The molecule has 1 N–H and O–H groups in total. The predicted molar refractivity (Wildman–Crippen MR) is 80.4 cm³/mol. The van der Waals surface area contributed by atoms with E-state index in [1.165, 1.54) is 0 Å². The second-order valence-corrected chi connectivity index (χ2v) is 6.27. The highest BCUT2D eigenvalue weighted by Gasteiger charge is 2.21. The number of fused-ring (bicyclic) bond motifs is 1. The van der Waals surface area contributed by atoms with Gasteiger partial charge in [-0.25, -0.2) is 0 Å². The van der Waals surface area contributed by atoms with E-state index in [0.717, 1.165) is 39.4 Å². The Balaban J connectivity index is 1.67. The summed E-state index contributed by atoms with van der Waals surface area (Å²) < 4.78 is 11.0. The van der Waals surface area contributed by atoms with Crippen molar-refractivity contribution in [2.24, 2.45) is 0 Å². The Labute approximate surface area is 126 Å². The first-order valence-corrected chi connectivity index (χ1v) is 7.87. The van der Waals surface area contributed by atoms with E-state index in [-0.39, 0.29) is 12.2 Å². The van der Waals surface area contributed by atoms with Crippen molar-refractivity contribution in [1.29, 1.82) is 0 Å². The average molecular weight is 301 g/mol. The van der Waals surface area contributed by atoms with Crippen molar-refractivity contribution >= 4 is 17.2 Å². The molecule has 108 valence electrons. The van der Waals surface area contributed by atoms with Gasteiger partial charge in [0.15, 0.2) is 6.29 Å². The summed E-state index contributed by atoms with van der Waals surface area (Å²) in [4.78, 5) is 14.1. The highest BCUT2D eigenvalue weighted by atomic mass is 32.1. The molecule has 0 radical (unpaired) electrons. The molecule has 0 bridgehead atoms. The maximum atomic E-state index is 11.9. The van der Waals surface area contributed by atoms with Crippen LogP contribution in [-0.4, -0.2) is 25.7 Å². The van der Waals surface area contributed by atoms with E-state index < -0.39 is 0 Å². The quantitative estimate of drug-likeness (QED) is 0.928. The Morgan fingerprint density at radius 2 is 2.00 bits per heavy atom. The van der Waals surface area contributed by atoms with E-state index >= 15 is 0 Å². The predicted octanol–water partition coefficient (Wildman–Crippen LogP) is 2.75. The van der Waals surface area contributed by atoms with Crippen molar-refractivity contribution in [2.75, 3.05) is 19.8 Å². The van der Waals surface area contributed by atoms with Crippen molar-refractivity contribution in [3.63, 3.8) is 0 Å². The molecule has 3 heterocycles. The zero-order valence-corrected chi connectivity index (χ0v) is 12.2. The second-order valence-electron chi connectivity index (χ2n) is 5.15. The standard InChI is InChI=1S/C16H15NO3S/c18-15-12-9-11(2-1-10(12)5-6-17-15)13-3-4-14(21-13)16-19-7-8-20-16/h1-4,9,16H,5-8H2,(H,17,18). The van der Waals surface area contributed by atoms with Gasteiger partial charge in [0, 0.05) is 17.0 Å². The van der Waals surface area contributed by atoms with Crippen LogP contribution in [0.4, 0.5) is 0 Å². The van der Waals surface area contributed by atoms with E-state index in [4.69, 9.17) is 9.47 Å². The lowest BCUT2D eigenvalue weighted by molar-refractivity contribution is -0.0413. The topological polar surface area (TPSA) is 47.6 Å². The Bertz CT molecular complexity index is 689. The number of amides is 1. The molecule has 0 aliphatic carbocycles. The molecule has 0 atom stereocenters. The van der Waals surface area contributed by atoms with Crippen LogP contribution in [0.3, 0.4) is 0 Å². The Morgan fingerprint density at radius 3 is 2.86 bits per heavy atom. The molecule has 0 spiro atoms. The minimum Gasteiger partial charge on any atom is -0.352 e. The van der Waals surface area contributed by atoms with Crippen LogP contribution in [0.2, 0.25) is 0 Å². The van der Waals surface area contributed by atoms with Crippen LogP contribution in [-0.2, 0) is 15.9 Å². The smallest absolute Gasteiger partial charge is 0.251 e. The molecular weight excluding hydrogens is 286 g/mol. The number of benzene rings is 1. The SMILES string of the molecule is O=C1NCCc2ccc(-c3ccc(C4OCCO4)s3)cc21. The molecule has 5 heteroatoms. The summed E-state index contributed by atoms with van der Waals surface area (Å²) in [5.41, 5.74) is 2.99. The number of hydrogen-bond donors (Lipinski definition) is 1. The third-order valence-electron chi connectivity index (χ3n) is 3.80. The largest absolute Gasteiger partial charge is 0.352 e. The van der Waals surface area contributed by atoms with Crippen LogP contribution in [0.15, 0.2) is 30.3 Å². The summed E-state index contributed by atoms with van der Waals surface area (Å²) in [6, 6.07) is 10.2. The van der Waals surface area contributed by atoms with Crippen LogP contribution in [0.25, 0.3) is 10.4 Å². The molecule has 1 saturated heterocycles. The Hall–Kier alpha value is -1.69. The fourth-order valence-electron chi connectivity index (χ4n) is 2.72. The number of rotatable bonds is 2. The number of hydrogen-bond acceptors (Lipinski definition) is 4. The number of nitrogens with one attached hydrogen (secondary N) is 1. The molecule has 4 nitrogen and oxygen atoms in total. The minimum absolute atomic E-state index is 0.0253. The van der Waals surface area contributed by atoms with Crippen molar-refractivity contribution in [1.82, 2.24) is 5.32 Å². The highest BCUT2D eigenvalue weighted by molar-refractivity contribution is 7.15. The number of carbonyl (C=O) groups excluding carboxylic acids is 1. The van der Waals surface area contributed by atoms with E-state index in [1.807, 2.05) is 12.1 Å². The molecule has 2 aromatic rings. The lowest BCUT2D eigenvalue weighted by atomic mass is 9.97. The summed E-state index contributed by atoms with van der Waals surface area (Å²) in [6.45, 7) is 2.03. The number of carbonyl (C=O) groups is 1. The van der Waals surface area contributed by atoms with Gasteiger partial charge in [-0.3, -0.25) is 4.79 Å². The van der Waals surface area contributed by atoms with Gasteiger partial charge in [0.1, 0.15) is 0 Å². The monoisotopic (exact) mass is 301 g/mol. The molecule has 1 aromatic heterocycles. The molecule has 1 aromatic carbocycles.